The van der Waals surface area contributed by atoms with Gasteiger partial charge in [-0.25, -0.2) is 4.98 Å². The minimum atomic E-state index is -0.497. The second-order valence-electron chi connectivity index (χ2n) is 3.05. The third-order valence-electron chi connectivity index (χ3n) is 1.95. The molecule has 0 aliphatic carbocycles. The maximum absolute atomic E-state index is 10.8. The molecule has 0 bridgehead atoms. The third kappa shape index (κ3) is 2.94. The second kappa shape index (κ2) is 5.47. The van der Waals surface area contributed by atoms with Gasteiger partial charge in [-0.3, -0.25) is 10.1 Å². The van der Waals surface area contributed by atoms with E-state index in [2.05, 4.69) is 32.2 Å². The van der Waals surface area contributed by atoms with Crippen molar-refractivity contribution in [2.24, 2.45) is 0 Å². The monoisotopic (exact) mass is 283 g/mol. The van der Waals surface area contributed by atoms with E-state index in [0.717, 1.165) is 0 Å². The largest absolute Gasteiger partial charge is 0.351 e. The van der Waals surface area contributed by atoms with E-state index in [1.54, 1.807) is 0 Å². The van der Waals surface area contributed by atoms with Crippen LogP contribution in [-0.2, 0) is 0 Å². The van der Waals surface area contributed by atoms with E-state index in [0.29, 0.717) is 10.9 Å². The van der Waals surface area contributed by atoms with E-state index in [-0.39, 0.29) is 17.5 Å². The first-order valence-corrected chi connectivity index (χ1v) is 5.40. The molecular weight excluding hydrogens is 274 g/mol. The fourth-order valence-corrected chi connectivity index (χ4v) is 1.42. The molecular formula is C10H10BrN3O2. The van der Waals surface area contributed by atoms with Crippen LogP contribution in [0.2, 0.25) is 0 Å². The minimum Gasteiger partial charge on any atom is -0.351 e. The van der Waals surface area contributed by atoms with E-state index >= 15 is 0 Å². The number of nitro groups is 1. The molecule has 0 saturated carbocycles. The average molecular weight is 284 g/mol. The smallest absolute Gasteiger partial charge is 0.312 e. The van der Waals surface area contributed by atoms with Crippen molar-refractivity contribution in [3.63, 3.8) is 0 Å². The molecule has 0 amide bonds. The van der Waals surface area contributed by atoms with E-state index in [1.165, 1.54) is 12.3 Å². The Bertz CT molecular complexity index is 442. The van der Waals surface area contributed by atoms with E-state index < -0.39 is 4.92 Å². The zero-order valence-corrected chi connectivity index (χ0v) is 10.2. The maximum atomic E-state index is 10.8. The number of terminal acetylenes is 1. The summed E-state index contributed by atoms with van der Waals surface area (Å²) in [6, 6.07) is 1.13. The van der Waals surface area contributed by atoms with Gasteiger partial charge < -0.3 is 5.32 Å². The Kier molecular flexibility index (Phi) is 4.26. The van der Waals surface area contributed by atoms with E-state index in [4.69, 9.17) is 6.42 Å². The number of halogens is 1. The Morgan fingerprint density at radius 3 is 3.00 bits per heavy atom. The van der Waals surface area contributed by atoms with Crippen LogP contribution in [0.3, 0.4) is 0 Å². The number of rotatable bonds is 4. The summed E-state index contributed by atoms with van der Waals surface area (Å²) in [5.74, 6) is 2.69. The highest BCUT2D eigenvalue weighted by molar-refractivity contribution is 9.10. The molecule has 1 rings (SSSR count). The lowest BCUT2D eigenvalue weighted by Gasteiger charge is -2.11. The molecule has 1 N–H and O–H groups in total. The Morgan fingerprint density at radius 2 is 2.50 bits per heavy atom. The predicted molar refractivity (Wildman–Crippen MR) is 65.1 cm³/mol. The highest BCUT2D eigenvalue weighted by atomic mass is 79.9. The maximum Gasteiger partial charge on any atom is 0.312 e. The summed E-state index contributed by atoms with van der Waals surface area (Å²) in [5.41, 5.74) is -0.0944. The first-order valence-electron chi connectivity index (χ1n) is 4.61. The lowest BCUT2D eigenvalue weighted by molar-refractivity contribution is -0.384. The van der Waals surface area contributed by atoms with E-state index in [9.17, 15) is 10.1 Å². The number of pyridine rings is 1. The van der Waals surface area contributed by atoms with Crippen molar-refractivity contribution < 1.29 is 4.92 Å². The first-order chi connectivity index (χ1) is 7.58. The fourth-order valence-electron chi connectivity index (χ4n) is 1.11. The summed E-state index contributed by atoms with van der Waals surface area (Å²) in [6.07, 6.45) is 7.42. The van der Waals surface area contributed by atoms with Crippen LogP contribution in [0.4, 0.5) is 11.5 Å². The summed E-state index contributed by atoms with van der Waals surface area (Å²) in [6.45, 7) is 1.89. The van der Waals surface area contributed by atoms with Crippen molar-refractivity contribution in [1.82, 2.24) is 4.98 Å². The molecule has 0 radical (unpaired) electrons. The van der Waals surface area contributed by atoms with Gasteiger partial charge in [-0.1, -0.05) is 12.8 Å². The van der Waals surface area contributed by atoms with Gasteiger partial charge in [0.1, 0.15) is 0 Å². The highest BCUT2D eigenvalue weighted by Gasteiger charge is 2.17. The molecule has 16 heavy (non-hydrogen) atoms. The molecule has 0 saturated heterocycles. The molecule has 0 aliphatic heterocycles. The second-order valence-corrected chi connectivity index (χ2v) is 3.97. The van der Waals surface area contributed by atoms with Gasteiger partial charge in [0.2, 0.25) is 5.82 Å². The molecule has 1 aromatic rings. The predicted octanol–water partition coefficient (Wildman–Crippen LogP) is 2.58. The van der Waals surface area contributed by atoms with Gasteiger partial charge in [-0.15, -0.1) is 6.42 Å². The van der Waals surface area contributed by atoms with Crippen LogP contribution < -0.4 is 5.32 Å². The minimum absolute atomic E-state index is 0.0944. The summed E-state index contributed by atoms with van der Waals surface area (Å²) in [7, 11) is 0. The summed E-state index contributed by atoms with van der Waals surface area (Å²) >= 11 is 3.13. The van der Waals surface area contributed by atoms with Crippen molar-refractivity contribution >= 4 is 27.4 Å². The standard InChI is InChI=1S/C10H10BrN3O2/c1-3-8(4-2)13-10-9(14(15)16)5-7(11)6-12-10/h1,5-6,8H,4H2,2H3,(H,12,13). The zero-order valence-electron chi connectivity index (χ0n) is 8.61. The van der Waals surface area contributed by atoms with Crippen molar-refractivity contribution in [2.75, 3.05) is 5.32 Å². The Balaban J connectivity index is 3.04. The van der Waals surface area contributed by atoms with Crippen LogP contribution in [0.5, 0.6) is 0 Å². The van der Waals surface area contributed by atoms with Crippen LogP contribution in [0, 0.1) is 22.5 Å². The number of nitrogens with one attached hydrogen (secondary N) is 1. The Hall–Kier alpha value is -1.61. The number of anilines is 1. The van der Waals surface area contributed by atoms with Crippen LogP contribution in [0.1, 0.15) is 13.3 Å². The van der Waals surface area contributed by atoms with Gasteiger partial charge in [0.05, 0.1) is 11.0 Å². The molecule has 0 spiro atoms. The molecule has 84 valence electrons. The summed E-state index contributed by atoms with van der Waals surface area (Å²) < 4.78 is 0.554. The van der Waals surface area contributed by atoms with Gasteiger partial charge in [0, 0.05) is 16.7 Å². The molecule has 1 atom stereocenters. The quantitative estimate of drug-likeness (QED) is 0.524. The Morgan fingerprint density at radius 1 is 1.81 bits per heavy atom. The molecule has 1 unspecified atom stereocenters. The van der Waals surface area contributed by atoms with Crippen LogP contribution in [0.25, 0.3) is 0 Å². The van der Waals surface area contributed by atoms with Crippen molar-refractivity contribution in [2.45, 2.75) is 19.4 Å². The number of hydrogen-bond donors (Lipinski definition) is 1. The first kappa shape index (κ1) is 12.5. The van der Waals surface area contributed by atoms with Gasteiger partial charge in [0.15, 0.2) is 0 Å². The number of hydrogen-bond acceptors (Lipinski definition) is 4. The molecule has 1 heterocycles. The normalized spacial score (nSPS) is 11.6. The van der Waals surface area contributed by atoms with Crippen molar-refractivity contribution in [3.05, 3.63) is 26.9 Å². The molecule has 0 fully saturated rings. The lowest BCUT2D eigenvalue weighted by atomic mass is 10.2. The molecule has 1 aromatic heterocycles. The Labute approximate surface area is 102 Å². The number of nitrogens with zero attached hydrogens (tertiary/aromatic N) is 2. The SMILES string of the molecule is C#CC(CC)Nc1ncc(Br)cc1[N+](=O)[O-]. The van der Waals surface area contributed by atoms with E-state index in [1.807, 2.05) is 6.92 Å². The van der Waals surface area contributed by atoms with Crippen molar-refractivity contribution in [3.8, 4) is 12.3 Å². The average Bonchev–Trinajstić information content (AvgIpc) is 2.27. The molecule has 0 aromatic carbocycles. The van der Waals surface area contributed by atoms with Crippen LogP contribution in [0.15, 0.2) is 16.7 Å². The van der Waals surface area contributed by atoms with Crippen molar-refractivity contribution in [1.29, 1.82) is 0 Å². The zero-order chi connectivity index (χ0) is 12.1. The third-order valence-corrected chi connectivity index (χ3v) is 2.38. The van der Waals surface area contributed by atoms with Gasteiger partial charge >= 0.3 is 5.69 Å². The summed E-state index contributed by atoms with van der Waals surface area (Å²) in [4.78, 5) is 14.2. The fraction of sp³-hybridized carbons (Fsp3) is 0.300. The summed E-state index contributed by atoms with van der Waals surface area (Å²) in [5, 5.41) is 13.6. The van der Waals surface area contributed by atoms with Gasteiger partial charge in [0.25, 0.3) is 0 Å². The topological polar surface area (TPSA) is 68.1 Å². The number of aromatic nitrogens is 1. The highest BCUT2D eigenvalue weighted by Crippen LogP contribution is 2.25. The van der Waals surface area contributed by atoms with Gasteiger partial charge in [-0.05, 0) is 22.4 Å². The van der Waals surface area contributed by atoms with Crippen LogP contribution >= 0.6 is 15.9 Å². The molecule has 0 aliphatic rings. The van der Waals surface area contributed by atoms with Gasteiger partial charge in [-0.2, -0.15) is 0 Å². The lowest BCUT2D eigenvalue weighted by Crippen LogP contribution is -2.17. The molecule has 6 heteroatoms. The molecule has 5 nitrogen and oxygen atoms in total. The van der Waals surface area contributed by atoms with Crippen LogP contribution in [-0.4, -0.2) is 15.9 Å².